The topological polar surface area (TPSA) is 35.0 Å². The van der Waals surface area contributed by atoms with E-state index < -0.39 is 0 Å². The lowest BCUT2D eigenvalue weighted by Crippen LogP contribution is -1.87. The maximum Gasteiger partial charge on any atom is 0.222 e. The van der Waals surface area contributed by atoms with Crippen molar-refractivity contribution in [1.29, 1.82) is 0 Å². The second-order valence-electron chi connectivity index (χ2n) is 2.75. The van der Waals surface area contributed by atoms with Crippen LogP contribution >= 0.6 is 23.2 Å². The largest absolute Gasteiger partial charge is 0.454 e. The molecule has 1 aromatic carbocycles. The molecule has 76 valence electrons. The maximum absolute atomic E-state index is 5.80. The van der Waals surface area contributed by atoms with Gasteiger partial charge in [0.25, 0.3) is 0 Å². The number of halogens is 2. The van der Waals surface area contributed by atoms with Gasteiger partial charge in [0, 0.05) is 5.02 Å². The van der Waals surface area contributed by atoms with Crippen LogP contribution in [0, 0.1) is 0 Å². The quantitative estimate of drug-likeness (QED) is 0.753. The molecule has 0 radical (unpaired) electrons. The summed E-state index contributed by atoms with van der Waals surface area (Å²) in [5, 5.41) is 0.802. The number of aromatic nitrogens is 2. The first-order chi connectivity index (χ1) is 7.24. The molecule has 0 aliphatic rings. The van der Waals surface area contributed by atoms with Crippen LogP contribution in [0.5, 0.6) is 11.5 Å². The van der Waals surface area contributed by atoms with Gasteiger partial charge >= 0.3 is 0 Å². The van der Waals surface area contributed by atoms with Gasteiger partial charge in [0.2, 0.25) is 5.28 Å². The Morgan fingerprint density at radius 3 is 2.40 bits per heavy atom. The minimum absolute atomic E-state index is 0.188. The molecule has 2 aromatic rings. The highest BCUT2D eigenvalue weighted by molar-refractivity contribution is 6.30. The van der Waals surface area contributed by atoms with Crippen LogP contribution in [0.25, 0.3) is 0 Å². The number of ether oxygens (including phenoxy) is 1. The minimum atomic E-state index is 0.188. The molecule has 1 aromatic heterocycles. The Kier molecular flexibility index (Phi) is 3.04. The summed E-state index contributed by atoms with van der Waals surface area (Å²) < 4.78 is 5.45. The van der Waals surface area contributed by atoms with E-state index >= 15 is 0 Å². The third-order valence-corrected chi connectivity index (χ3v) is 2.06. The SMILES string of the molecule is Clc1cccc(Oc2cnc(Cl)nc2)c1. The van der Waals surface area contributed by atoms with Crippen molar-refractivity contribution >= 4 is 23.2 Å². The van der Waals surface area contributed by atoms with Crippen molar-refractivity contribution in [3.05, 3.63) is 47.0 Å². The molecule has 0 N–H and O–H groups in total. The Morgan fingerprint density at radius 2 is 1.73 bits per heavy atom. The van der Waals surface area contributed by atoms with Gasteiger partial charge in [-0.25, -0.2) is 9.97 Å². The zero-order valence-corrected chi connectivity index (χ0v) is 9.03. The van der Waals surface area contributed by atoms with Crippen molar-refractivity contribution in [3.8, 4) is 11.5 Å². The number of rotatable bonds is 2. The second kappa shape index (κ2) is 4.47. The second-order valence-corrected chi connectivity index (χ2v) is 3.52. The summed E-state index contributed by atoms with van der Waals surface area (Å²) in [6.07, 6.45) is 2.99. The van der Waals surface area contributed by atoms with E-state index in [2.05, 4.69) is 9.97 Å². The summed E-state index contributed by atoms with van der Waals surface area (Å²) >= 11 is 11.3. The molecule has 0 saturated carbocycles. The van der Waals surface area contributed by atoms with Crippen molar-refractivity contribution in [2.45, 2.75) is 0 Å². The smallest absolute Gasteiger partial charge is 0.222 e. The first-order valence-corrected chi connectivity index (χ1v) is 4.90. The molecule has 2 rings (SSSR count). The number of hydrogen-bond acceptors (Lipinski definition) is 3. The molecule has 0 aliphatic heterocycles. The van der Waals surface area contributed by atoms with Gasteiger partial charge in [0.05, 0.1) is 12.4 Å². The number of benzene rings is 1. The van der Waals surface area contributed by atoms with E-state index in [4.69, 9.17) is 27.9 Å². The zero-order valence-electron chi connectivity index (χ0n) is 7.52. The molecule has 0 fully saturated rings. The summed E-state index contributed by atoms with van der Waals surface area (Å²) in [6, 6.07) is 7.07. The molecule has 0 bridgehead atoms. The normalized spacial score (nSPS) is 10.0. The number of nitrogens with zero attached hydrogens (tertiary/aromatic N) is 2. The van der Waals surface area contributed by atoms with Gasteiger partial charge in [-0.2, -0.15) is 0 Å². The standard InChI is InChI=1S/C10H6Cl2N2O/c11-7-2-1-3-8(4-7)15-9-5-13-10(12)14-6-9/h1-6H. The molecule has 0 unspecified atom stereocenters. The lowest BCUT2D eigenvalue weighted by Gasteiger charge is -2.04. The molecule has 0 spiro atoms. The van der Waals surface area contributed by atoms with Crippen molar-refractivity contribution in [1.82, 2.24) is 9.97 Å². The molecule has 15 heavy (non-hydrogen) atoms. The van der Waals surface area contributed by atoms with Crippen LogP contribution in [0.2, 0.25) is 10.3 Å². The van der Waals surface area contributed by atoms with Gasteiger partial charge in [0.15, 0.2) is 5.75 Å². The van der Waals surface area contributed by atoms with E-state index in [0.717, 1.165) is 0 Å². The van der Waals surface area contributed by atoms with Crippen molar-refractivity contribution in [2.75, 3.05) is 0 Å². The van der Waals surface area contributed by atoms with Gasteiger partial charge in [-0.15, -0.1) is 0 Å². The molecular formula is C10H6Cl2N2O. The monoisotopic (exact) mass is 240 g/mol. The summed E-state index contributed by atoms with van der Waals surface area (Å²) in [4.78, 5) is 7.59. The Labute approximate surface area is 96.6 Å². The van der Waals surface area contributed by atoms with E-state index in [0.29, 0.717) is 16.5 Å². The van der Waals surface area contributed by atoms with Gasteiger partial charge in [-0.3, -0.25) is 0 Å². The molecule has 5 heteroatoms. The molecule has 3 nitrogen and oxygen atoms in total. The van der Waals surface area contributed by atoms with E-state index in [9.17, 15) is 0 Å². The maximum atomic E-state index is 5.80. The van der Waals surface area contributed by atoms with Crippen molar-refractivity contribution < 1.29 is 4.74 Å². The third kappa shape index (κ3) is 2.81. The van der Waals surface area contributed by atoms with Gasteiger partial charge in [0.1, 0.15) is 5.75 Å². The Balaban J connectivity index is 2.18. The predicted octanol–water partition coefficient (Wildman–Crippen LogP) is 3.58. The average Bonchev–Trinajstić information content (AvgIpc) is 2.22. The van der Waals surface area contributed by atoms with Crippen LogP contribution in [-0.2, 0) is 0 Å². The van der Waals surface area contributed by atoms with Crippen LogP contribution < -0.4 is 4.74 Å². The first-order valence-electron chi connectivity index (χ1n) is 4.15. The molecule has 0 saturated heterocycles. The summed E-state index contributed by atoms with van der Waals surface area (Å²) in [7, 11) is 0. The van der Waals surface area contributed by atoms with E-state index in [1.165, 1.54) is 12.4 Å². The molecule has 0 amide bonds. The molecule has 0 aliphatic carbocycles. The summed E-state index contributed by atoms with van der Waals surface area (Å²) in [5.74, 6) is 1.15. The van der Waals surface area contributed by atoms with Gasteiger partial charge < -0.3 is 4.74 Å². The Bertz CT molecular complexity index is 459. The summed E-state index contributed by atoms with van der Waals surface area (Å²) in [6.45, 7) is 0. The molecule has 0 atom stereocenters. The van der Waals surface area contributed by atoms with Crippen molar-refractivity contribution in [3.63, 3.8) is 0 Å². The van der Waals surface area contributed by atoms with Gasteiger partial charge in [-0.05, 0) is 29.8 Å². The van der Waals surface area contributed by atoms with Crippen LogP contribution in [0.3, 0.4) is 0 Å². The van der Waals surface area contributed by atoms with Crippen LogP contribution in [0.1, 0.15) is 0 Å². The first kappa shape index (κ1) is 10.2. The van der Waals surface area contributed by atoms with Crippen LogP contribution in [0.4, 0.5) is 0 Å². The summed E-state index contributed by atoms with van der Waals surface area (Å²) in [5.41, 5.74) is 0. The Hall–Kier alpha value is -1.32. The zero-order chi connectivity index (χ0) is 10.7. The fourth-order valence-corrected chi connectivity index (χ4v) is 1.30. The molecular weight excluding hydrogens is 235 g/mol. The predicted molar refractivity (Wildman–Crippen MR) is 58.6 cm³/mol. The highest BCUT2D eigenvalue weighted by Crippen LogP contribution is 2.23. The fraction of sp³-hybridized carbons (Fsp3) is 0. The number of hydrogen-bond donors (Lipinski definition) is 0. The minimum Gasteiger partial charge on any atom is -0.454 e. The highest BCUT2D eigenvalue weighted by atomic mass is 35.5. The van der Waals surface area contributed by atoms with E-state index in [1.807, 2.05) is 0 Å². The lowest BCUT2D eigenvalue weighted by molar-refractivity contribution is 0.477. The Morgan fingerprint density at radius 1 is 1.00 bits per heavy atom. The van der Waals surface area contributed by atoms with Crippen LogP contribution in [-0.4, -0.2) is 9.97 Å². The van der Waals surface area contributed by atoms with E-state index in [1.54, 1.807) is 24.3 Å². The average molecular weight is 241 g/mol. The third-order valence-electron chi connectivity index (χ3n) is 1.63. The fourth-order valence-electron chi connectivity index (χ4n) is 1.02. The van der Waals surface area contributed by atoms with Gasteiger partial charge in [-0.1, -0.05) is 17.7 Å². The van der Waals surface area contributed by atoms with Crippen LogP contribution in [0.15, 0.2) is 36.7 Å². The van der Waals surface area contributed by atoms with Crippen molar-refractivity contribution in [2.24, 2.45) is 0 Å². The highest BCUT2D eigenvalue weighted by Gasteiger charge is 1.99. The lowest BCUT2D eigenvalue weighted by atomic mass is 10.3. The van der Waals surface area contributed by atoms with E-state index in [-0.39, 0.29) is 5.28 Å². The molecule has 1 heterocycles.